The fourth-order valence-corrected chi connectivity index (χ4v) is 3.64. The molecule has 2 aliphatic heterocycles. The summed E-state index contributed by atoms with van der Waals surface area (Å²) in [4.78, 5) is 28.9. The van der Waals surface area contributed by atoms with E-state index in [4.69, 9.17) is 14.2 Å². The number of methoxy groups -OCH3 is 1. The molecule has 1 fully saturated rings. The SMILES string of the molecule is COc1cc2c(cc1NC(=O)CN1CCN(C(=O)Cc3ccc(O)cc3)CC1)OCO2. The lowest BCUT2D eigenvalue weighted by Gasteiger charge is -2.34. The van der Waals surface area contributed by atoms with Crippen LogP contribution < -0.4 is 19.5 Å². The molecule has 9 nitrogen and oxygen atoms in total. The van der Waals surface area contributed by atoms with Gasteiger partial charge in [0.1, 0.15) is 11.5 Å². The molecule has 0 saturated carbocycles. The standard InChI is InChI=1S/C22H25N3O6/c1-29-18-12-20-19(30-14-31-20)11-17(18)23-21(27)13-24-6-8-25(9-7-24)22(28)10-15-2-4-16(26)5-3-15/h2-5,11-12,26H,6-10,13-14H2,1H3,(H,23,27). The van der Waals surface area contributed by atoms with Gasteiger partial charge < -0.3 is 29.5 Å². The molecule has 2 heterocycles. The van der Waals surface area contributed by atoms with Crippen molar-refractivity contribution in [3.8, 4) is 23.0 Å². The molecule has 0 radical (unpaired) electrons. The molecule has 0 bridgehead atoms. The lowest BCUT2D eigenvalue weighted by molar-refractivity contribution is -0.132. The van der Waals surface area contributed by atoms with Crippen molar-refractivity contribution in [2.75, 3.05) is 51.9 Å². The Kier molecular flexibility index (Phi) is 6.13. The van der Waals surface area contributed by atoms with Crippen LogP contribution in [0.1, 0.15) is 5.56 Å². The number of benzene rings is 2. The molecular formula is C22H25N3O6. The zero-order valence-electron chi connectivity index (χ0n) is 17.3. The molecule has 2 N–H and O–H groups in total. The minimum atomic E-state index is -0.166. The van der Waals surface area contributed by atoms with Crippen LogP contribution >= 0.6 is 0 Å². The van der Waals surface area contributed by atoms with Crippen molar-refractivity contribution in [2.24, 2.45) is 0 Å². The molecule has 0 aromatic heterocycles. The number of amides is 2. The van der Waals surface area contributed by atoms with Crippen LogP contribution in [0.15, 0.2) is 36.4 Å². The summed E-state index contributed by atoms with van der Waals surface area (Å²) in [6.07, 6.45) is 0.296. The average Bonchev–Trinajstić information content (AvgIpc) is 3.22. The number of phenolic OH excluding ortho intramolecular Hbond substituents is 1. The molecule has 2 aromatic carbocycles. The zero-order chi connectivity index (χ0) is 21.8. The predicted octanol–water partition coefficient (Wildman–Crippen LogP) is 1.45. The van der Waals surface area contributed by atoms with E-state index in [1.807, 2.05) is 9.80 Å². The van der Waals surface area contributed by atoms with E-state index >= 15 is 0 Å². The maximum atomic E-state index is 12.6. The highest BCUT2D eigenvalue weighted by Gasteiger charge is 2.24. The van der Waals surface area contributed by atoms with Crippen LogP contribution in [0.2, 0.25) is 0 Å². The summed E-state index contributed by atoms with van der Waals surface area (Å²) < 4.78 is 16.0. The van der Waals surface area contributed by atoms with Crippen LogP contribution in [0.4, 0.5) is 5.69 Å². The highest BCUT2D eigenvalue weighted by atomic mass is 16.7. The highest BCUT2D eigenvalue weighted by molar-refractivity contribution is 5.94. The number of nitrogens with zero attached hydrogens (tertiary/aromatic N) is 2. The molecule has 0 spiro atoms. The summed E-state index contributed by atoms with van der Waals surface area (Å²) in [5.41, 5.74) is 1.39. The number of carbonyl (C=O) groups excluding carboxylic acids is 2. The van der Waals surface area contributed by atoms with Gasteiger partial charge in [-0.05, 0) is 17.7 Å². The first-order chi connectivity index (χ1) is 15.0. The fourth-order valence-electron chi connectivity index (χ4n) is 3.64. The van der Waals surface area contributed by atoms with E-state index in [1.54, 1.807) is 36.4 Å². The van der Waals surface area contributed by atoms with E-state index in [9.17, 15) is 14.7 Å². The molecule has 1 saturated heterocycles. The van der Waals surface area contributed by atoms with Gasteiger partial charge in [-0.15, -0.1) is 0 Å². The lowest BCUT2D eigenvalue weighted by Crippen LogP contribution is -2.50. The Balaban J connectivity index is 1.26. The molecule has 2 aliphatic rings. The number of fused-ring (bicyclic) bond motifs is 1. The number of rotatable bonds is 6. The van der Waals surface area contributed by atoms with Crippen LogP contribution in [-0.4, -0.2) is 73.3 Å². The van der Waals surface area contributed by atoms with Gasteiger partial charge in [0.2, 0.25) is 18.6 Å². The fraction of sp³-hybridized carbons (Fsp3) is 0.364. The third kappa shape index (κ3) is 5.00. The molecule has 0 aliphatic carbocycles. The second-order valence-corrected chi connectivity index (χ2v) is 7.45. The molecule has 2 aromatic rings. The van der Waals surface area contributed by atoms with E-state index in [0.29, 0.717) is 55.5 Å². The largest absolute Gasteiger partial charge is 0.508 e. The molecule has 31 heavy (non-hydrogen) atoms. The zero-order valence-corrected chi connectivity index (χ0v) is 17.3. The summed E-state index contributed by atoms with van der Waals surface area (Å²) in [5, 5.41) is 12.2. The number of phenols is 1. The molecular weight excluding hydrogens is 402 g/mol. The van der Waals surface area contributed by atoms with E-state index in [1.165, 1.54) is 7.11 Å². The summed E-state index contributed by atoms with van der Waals surface area (Å²) in [7, 11) is 1.53. The van der Waals surface area contributed by atoms with Gasteiger partial charge in [-0.1, -0.05) is 12.1 Å². The minimum absolute atomic E-state index is 0.0416. The van der Waals surface area contributed by atoms with E-state index in [0.717, 1.165) is 5.56 Å². The van der Waals surface area contributed by atoms with Crippen molar-refractivity contribution in [2.45, 2.75) is 6.42 Å². The average molecular weight is 427 g/mol. The third-order valence-electron chi connectivity index (χ3n) is 5.35. The van der Waals surface area contributed by atoms with Crippen LogP contribution in [0.25, 0.3) is 0 Å². The van der Waals surface area contributed by atoms with E-state index in [-0.39, 0.29) is 30.9 Å². The van der Waals surface area contributed by atoms with Crippen molar-refractivity contribution in [3.63, 3.8) is 0 Å². The second-order valence-electron chi connectivity index (χ2n) is 7.45. The van der Waals surface area contributed by atoms with Crippen molar-refractivity contribution in [1.29, 1.82) is 0 Å². The Hall–Kier alpha value is -3.46. The maximum Gasteiger partial charge on any atom is 0.238 e. The van der Waals surface area contributed by atoms with Gasteiger partial charge in [0, 0.05) is 38.3 Å². The highest BCUT2D eigenvalue weighted by Crippen LogP contribution is 2.40. The number of aromatic hydroxyl groups is 1. The number of carbonyl (C=O) groups is 2. The second kappa shape index (κ2) is 9.13. The quantitative estimate of drug-likeness (QED) is 0.720. The van der Waals surface area contributed by atoms with Gasteiger partial charge in [0.15, 0.2) is 11.5 Å². The number of anilines is 1. The smallest absolute Gasteiger partial charge is 0.238 e. The van der Waals surface area contributed by atoms with Crippen molar-refractivity contribution in [1.82, 2.24) is 9.80 Å². The molecule has 0 atom stereocenters. The van der Waals surface area contributed by atoms with Crippen LogP contribution in [0.3, 0.4) is 0 Å². The third-order valence-corrected chi connectivity index (χ3v) is 5.35. The molecule has 164 valence electrons. The Morgan fingerprint density at radius 2 is 1.74 bits per heavy atom. The van der Waals surface area contributed by atoms with Gasteiger partial charge in [0.25, 0.3) is 0 Å². The number of ether oxygens (including phenoxy) is 3. The number of piperazine rings is 1. The van der Waals surface area contributed by atoms with Gasteiger partial charge in [0.05, 0.1) is 25.8 Å². The summed E-state index contributed by atoms with van der Waals surface area (Å²) in [6, 6.07) is 10.0. The topological polar surface area (TPSA) is 101 Å². The summed E-state index contributed by atoms with van der Waals surface area (Å²) >= 11 is 0. The predicted molar refractivity (Wildman–Crippen MR) is 113 cm³/mol. The Morgan fingerprint density at radius 3 is 2.42 bits per heavy atom. The normalized spacial score (nSPS) is 15.6. The van der Waals surface area contributed by atoms with Gasteiger partial charge in [-0.3, -0.25) is 14.5 Å². The molecule has 4 rings (SSSR count). The monoisotopic (exact) mass is 427 g/mol. The van der Waals surface area contributed by atoms with Crippen molar-refractivity contribution in [3.05, 3.63) is 42.0 Å². The summed E-state index contributed by atoms with van der Waals surface area (Å²) in [5.74, 6) is 1.71. The maximum absolute atomic E-state index is 12.6. The first kappa shape index (κ1) is 20.8. The van der Waals surface area contributed by atoms with E-state index < -0.39 is 0 Å². The first-order valence-corrected chi connectivity index (χ1v) is 10.1. The van der Waals surface area contributed by atoms with Crippen LogP contribution in [0, 0.1) is 0 Å². The number of hydrogen-bond acceptors (Lipinski definition) is 7. The Bertz CT molecular complexity index is 954. The van der Waals surface area contributed by atoms with Gasteiger partial charge in [-0.25, -0.2) is 0 Å². The van der Waals surface area contributed by atoms with Crippen LogP contribution in [-0.2, 0) is 16.0 Å². The molecule has 2 amide bonds. The van der Waals surface area contributed by atoms with Gasteiger partial charge >= 0.3 is 0 Å². The summed E-state index contributed by atoms with van der Waals surface area (Å²) in [6.45, 7) is 2.73. The number of nitrogens with one attached hydrogen (secondary N) is 1. The van der Waals surface area contributed by atoms with Crippen LogP contribution in [0.5, 0.6) is 23.0 Å². The minimum Gasteiger partial charge on any atom is -0.508 e. The number of hydrogen-bond donors (Lipinski definition) is 2. The van der Waals surface area contributed by atoms with E-state index in [2.05, 4.69) is 5.32 Å². The Labute approximate surface area is 180 Å². The van der Waals surface area contributed by atoms with Crippen molar-refractivity contribution >= 4 is 17.5 Å². The first-order valence-electron chi connectivity index (χ1n) is 10.1. The van der Waals surface area contributed by atoms with Gasteiger partial charge in [-0.2, -0.15) is 0 Å². The molecule has 0 unspecified atom stereocenters. The van der Waals surface area contributed by atoms with Crippen molar-refractivity contribution < 1.29 is 28.9 Å². The molecule has 9 heteroatoms. The Morgan fingerprint density at radius 1 is 1.06 bits per heavy atom. The lowest BCUT2D eigenvalue weighted by atomic mass is 10.1.